The number of allylic oxidation sites excluding steroid dienone is 3. The van der Waals surface area contributed by atoms with E-state index in [2.05, 4.69) is 25.2 Å². The highest BCUT2D eigenvalue weighted by Crippen LogP contribution is 2.20. The average Bonchev–Trinajstić information content (AvgIpc) is 2.93. The van der Waals surface area contributed by atoms with E-state index in [1.807, 2.05) is 23.1 Å². The summed E-state index contributed by atoms with van der Waals surface area (Å²) in [5.41, 5.74) is 1.33. The van der Waals surface area contributed by atoms with Gasteiger partial charge in [0.2, 0.25) is 5.91 Å². The van der Waals surface area contributed by atoms with Crippen LogP contribution < -0.4 is 0 Å². The molecule has 0 radical (unpaired) electrons. The predicted molar refractivity (Wildman–Crippen MR) is 95.0 cm³/mol. The summed E-state index contributed by atoms with van der Waals surface area (Å²) in [5, 5.41) is 8.92. The fraction of sp³-hybridized carbons (Fsp3) is 0.400. The van der Waals surface area contributed by atoms with Gasteiger partial charge in [0, 0.05) is 13.0 Å². The molecule has 1 aromatic carbocycles. The monoisotopic (exact) mass is 327 g/mol. The van der Waals surface area contributed by atoms with Crippen molar-refractivity contribution in [1.82, 2.24) is 4.90 Å². The Kier molecular flexibility index (Phi) is 6.79. The maximum atomic E-state index is 12.1. The van der Waals surface area contributed by atoms with Crippen LogP contribution in [0.3, 0.4) is 0 Å². The molecule has 1 aliphatic rings. The van der Waals surface area contributed by atoms with Gasteiger partial charge in [-0.1, -0.05) is 49.8 Å². The molecule has 1 fully saturated rings. The molecule has 128 valence electrons. The molecule has 4 nitrogen and oxygen atoms in total. The van der Waals surface area contributed by atoms with Crippen molar-refractivity contribution in [3.05, 3.63) is 59.7 Å². The normalized spacial score (nSPS) is 18.1. The van der Waals surface area contributed by atoms with Gasteiger partial charge < -0.3 is 10.0 Å². The molecule has 0 spiro atoms. The summed E-state index contributed by atoms with van der Waals surface area (Å²) in [7, 11) is 0. The van der Waals surface area contributed by atoms with Gasteiger partial charge in [-0.2, -0.15) is 0 Å². The largest absolute Gasteiger partial charge is 0.478 e. The third-order valence-electron chi connectivity index (χ3n) is 4.25. The zero-order valence-corrected chi connectivity index (χ0v) is 14.1. The number of hydrogen-bond acceptors (Lipinski definition) is 2. The molecule has 1 aliphatic heterocycles. The van der Waals surface area contributed by atoms with Crippen LogP contribution in [0.25, 0.3) is 0 Å². The number of unbranched alkanes of at least 4 members (excludes halogenated alkanes) is 1. The van der Waals surface area contributed by atoms with Crippen LogP contribution >= 0.6 is 0 Å². The summed E-state index contributed by atoms with van der Waals surface area (Å²) in [6.45, 7) is 2.81. The molecular formula is C20H25NO3. The Bertz CT molecular complexity index is 616. The molecule has 24 heavy (non-hydrogen) atoms. The number of nitrogens with zero attached hydrogens (tertiary/aromatic N) is 1. The lowest BCUT2D eigenvalue weighted by atomic mass is 10.1. The first-order valence-electron chi connectivity index (χ1n) is 8.57. The summed E-state index contributed by atoms with van der Waals surface area (Å²) in [4.78, 5) is 24.9. The second kappa shape index (κ2) is 9.06. The van der Waals surface area contributed by atoms with Crippen molar-refractivity contribution in [3.63, 3.8) is 0 Å². The number of carbonyl (C=O) groups excluding carboxylic acids is 1. The van der Waals surface area contributed by atoms with Gasteiger partial charge in [0.05, 0.1) is 11.6 Å². The summed E-state index contributed by atoms with van der Waals surface area (Å²) in [5.74, 6) is -0.720. The molecular weight excluding hydrogens is 302 g/mol. The Morgan fingerprint density at radius 1 is 1.29 bits per heavy atom. The van der Waals surface area contributed by atoms with Crippen molar-refractivity contribution < 1.29 is 14.7 Å². The highest BCUT2D eigenvalue weighted by Gasteiger charge is 2.28. The van der Waals surface area contributed by atoms with Crippen molar-refractivity contribution in [2.75, 3.05) is 6.54 Å². The molecule has 1 saturated heterocycles. The zero-order chi connectivity index (χ0) is 17.4. The fourth-order valence-corrected chi connectivity index (χ4v) is 2.84. The quantitative estimate of drug-likeness (QED) is 0.738. The summed E-state index contributed by atoms with van der Waals surface area (Å²) >= 11 is 0. The van der Waals surface area contributed by atoms with Gasteiger partial charge in [0.25, 0.3) is 0 Å². The van der Waals surface area contributed by atoms with Crippen molar-refractivity contribution >= 4 is 11.9 Å². The van der Waals surface area contributed by atoms with E-state index < -0.39 is 5.97 Å². The number of rotatable bonds is 8. The summed E-state index contributed by atoms with van der Waals surface area (Å²) < 4.78 is 0. The van der Waals surface area contributed by atoms with Gasteiger partial charge in [0.1, 0.15) is 0 Å². The predicted octanol–water partition coefficient (Wildman–Crippen LogP) is 3.83. The number of aromatic carboxylic acids is 1. The highest BCUT2D eigenvalue weighted by molar-refractivity contribution is 5.87. The molecule has 1 heterocycles. The Morgan fingerprint density at radius 2 is 2.04 bits per heavy atom. The lowest BCUT2D eigenvalue weighted by molar-refractivity contribution is -0.128. The Balaban J connectivity index is 1.91. The molecule has 0 bridgehead atoms. The van der Waals surface area contributed by atoms with E-state index in [1.54, 1.807) is 12.1 Å². The zero-order valence-electron chi connectivity index (χ0n) is 14.1. The van der Waals surface area contributed by atoms with E-state index >= 15 is 0 Å². The van der Waals surface area contributed by atoms with Crippen LogP contribution in [-0.4, -0.2) is 34.5 Å². The van der Waals surface area contributed by atoms with Crippen LogP contribution in [0.1, 0.15) is 48.5 Å². The van der Waals surface area contributed by atoms with Crippen LogP contribution in [-0.2, 0) is 11.2 Å². The number of carboxylic acid groups (broad SMARTS) is 1. The van der Waals surface area contributed by atoms with Crippen molar-refractivity contribution in [3.8, 4) is 0 Å². The van der Waals surface area contributed by atoms with Gasteiger partial charge in [-0.15, -0.1) is 0 Å². The van der Waals surface area contributed by atoms with Crippen LogP contribution in [0, 0.1) is 0 Å². The Hall–Kier alpha value is -2.36. The second-order valence-electron chi connectivity index (χ2n) is 6.05. The lowest BCUT2D eigenvalue weighted by Crippen LogP contribution is -2.33. The van der Waals surface area contributed by atoms with E-state index in [-0.39, 0.29) is 17.5 Å². The first-order chi connectivity index (χ1) is 11.6. The van der Waals surface area contributed by atoms with Gasteiger partial charge in [-0.3, -0.25) is 4.79 Å². The van der Waals surface area contributed by atoms with Gasteiger partial charge >= 0.3 is 5.97 Å². The maximum absolute atomic E-state index is 12.1. The third-order valence-corrected chi connectivity index (χ3v) is 4.25. The third kappa shape index (κ3) is 5.08. The summed E-state index contributed by atoms with van der Waals surface area (Å²) in [6.07, 6.45) is 12.8. The number of hydrogen-bond donors (Lipinski definition) is 1. The van der Waals surface area contributed by atoms with Gasteiger partial charge in [0.15, 0.2) is 0 Å². The van der Waals surface area contributed by atoms with Crippen molar-refractivity contribution in [1.29, 1.82) is 0 Å². The van der Waals surface area contributed by atoms with E-state index in [0.29, 0.717) is 13.0 Å². The van der Waals surface area contributed by atoms with Crippen LogP contribution in [0.5, 0.6) is 0 Å². The number of likely N-dealkylation sites (tertiary alicyclic amines) is 1. The highest BCUT2D eigenvalue weighted by atomic mass is 16.4. The van der Waals surface area contributed by atoms with E-state index in [1.165, 1.54) is 0 Å². The first kappa shape index (κ1) is 18.0. The molecule has 0 aromatic heterocycles. The molecule has 0 saturated carbocycles. The molecule has 2 rings (SSSR count). The number of carbonyl (C=O) groups is 2. The second-order valence-corrected chi connectivity index (χ2v) is 6.05. The van der Waals surface area contributed by atoms with Gasteiger partial charge in [-0.25, -0.2) is 4.79 Å². The van der Waals surface area contributed by atoms with E-state index in [0.717, 1.165) is 31.2 Å². The first-order valence-corrected chi connectivity index (χ1v) is 8.57. The molecule has 0 aliphatic carbocycles. The van der Waals surface area contributed by atoms with E-state index in [9.17, 15) is 9.59 Å². The SMILES string of the molecule is CCC/C=C/C=C/[C@H]1CCC(=O)N1CCc1ccc(C(=O)O)cc1. The number of amides is 1. The molecule has 1 atom stereocenters. The number of carboxylic acids is 1. The lowest BCUT2D eigenvalue weighted by Gasteiger charge is -2.22. The average molecular weight is 327 g/mol. The van der Waals surface area contributed by atoms with Crippen LogP contribution in [0.4, 0.5) is 0 Å². The van der Waals surface area contributed by atoms with Gasteiger partial charge in [-0.05, 0) is 37.0 Å². The molecule has 1 N–H and O–H groups in total. The summed E-state index contributed by atoms with van der Waals surface area (Å²) in [6, 6.07) is 7.03. The topological polar surface area (TPSA) is 57.6 Å². The van der Waals surface area contributed by atoms with Crippen molar-refractivity contribution in [2.24, 2.45) is 0 Å². The minimum absolute atomic E-state index is 0.169. The van der Waals surface area contributed by atoms with Crippen molar-refractivity contribution in [2.45, 2.75) is 45.1 Å². The smallest absolute Gasteiger partial charge is 0.335 e. The molecule has 0 unspecified atom stereocenters. The Morgan fingerprint density at radius 3 is 2.71 bits per heavy atom. The number of benzene rings is 1. The fourth-order valence-electron chi connectivity index (χ4n) is 2.84. The standard InChI is InChI=1S/C20H25NO3/c1-2-3-4-5-6-7-18-12-13-19(22)21(18)15-14-16-8-10-17(11-9-16)20(23)24/h4-11,18H,2-3,12-15H2,1H3,(H,23,24)/b5-4+,7-6+/t18-/m0/s1. The minimum Gasteiger partial charge on any atom is -0.478 e. The van der Waals surface area contributed by atoms with Crippen LogP contribution in [0.15, 0.2) is 48.6 Å². The molecule has 4 heteroatoms. The molecule has 1 amide bonds. The minimum atomic E-state index is -0.919. The van der Waals surface area contributed by atoms with Crippen LogP contribution in [0.2, 0.25) is 0 Å². The maximum Gasteiger partial charge on any atom is 0.335 e. The molecule has 1 aromatic rings. The van der Waals surface area contributed by atoms with E-state index in [4.69, 9.17) is 5.11 Å². The Labute approximate surface area is 143 Å².